The van der Waals surface area contributed by atoms with E-state index in [0.29, 0.717) is 0 Å². The van der Waals surface area contributed by atoms with Crippen LogP contribution in [0, 0.1) is 5.82 Å². The number of carbonyl (C=O) groups is 1. The SMILES string of the molecule is COC(=O)Nc1nc2ccc(OS(=O)(=O)c3cccc(F)c3)cc2n1COP(=O)([O-])[O-].[Na+].[Na+]. The number of halogens is 1. The second kappa shape index (κ2) is 12.1. The Kier molecular flexibility index (Phi) is 11.0. The van der Waals surface area contributed by atoms with Gasteiger partial charge in [0, 0.05) is 6.07 Å². The van der Waals surface area contributed by atoms with Crippen LogP contribution in [0.25, 0.3) is 11.0 Å². The standard InChI is InChI=1S/C16H15FN3O9PS.2Na/c1-27-16(21)19-15-18-13-6-5-11(8-14(13)20(15)9-28-30(22,23)24)29-31(25,26)12-4-2-3-10(17)7-12;;/h2-8H,9H2,1H3,(H,18,19,21)(H2,22,23,24);;/q;2*+1/p-2. The maximum Gasteiger partial charge on any atom is 1.00 e. The number of benzene rings is 2. The number of amides is 1. The zero-order valence-corrected chi connectivity index (χ0v) is 23.3. The summed E-state index contributed by atoms with van der Waals surface area (Å²) in [5, 5.41) is 2.20. The molecule has 0 atom stereocenters. The van der Waals surface area contributed by atoms with Crippen LogP contribution in [-0.4, -0.2) is 31.2 Å². The number of rotatable bonds is 7. The molecule has 0 unspecified atom stereocenters. The van der Waals surface area contributed by atoms with Crippen LogP contribution in [0.5, 0.6) is 5.75 Å². The van der Waals surface area contributed by atoms with Crippen molar-refractivity contribution in [2.24, 2.45) is 0 Å². The second-order valence-electron chi connectivity index (χ2n) is 5.83. The van der Waals surface area contributed by atoms with Crippen LogP contribution in [0.15, 0.2) is 47.4 Å². The van der Waals surface area contributed by atoms with Gasteiger partial charge in [-0.15, -0.1) is 0 Å². The molecule has 0 saturated carbocycles. The number of hydrogen-bond donors (Lipinski definition) is 1. The third-order valence-corrected chi connectivity index (χ3v) is 5.43. The van der Waals surface area contributed by atoms with E-state index in [9.17, 15) is 32.0 Å². The normalized spacial score (nSPS) is 11.3. The first-order valence-corrected chi connectivity index (χ1v) is 11.1. The molecule has 3 aromatic rings. The number of ether oxygens (including phenoxy) is 1. The van der Waals surface area contributed by atoms with E-state index in [2.05, 4.69) is 19.6 Å². The van der Waals surface area contributed by atoms with E-state index in [0.717, 1.165) is 35.9 Å². The number of aromatic nitrogens is 2. The van der Waals surface area contributed by atoms with Crippen LogP contribution in [0.1, 0.15) is 0 Å². The maximum absolute atomic E-state index is 13.4. The van der Waals surface area contributed by atoms with Crippen molar-refractivity contribution in [2.75, 3.05) is 12.4 Å². The Morgan fingerprint density at radius 1 is 1.21 bits per heavy atom. The van der Waals surface area contributed by atoms with Gasteiger partial charge in [0.1, 0.15) is 23.2 Å². The number of nitrogens with zero attached hydrogens (tertiary/aromatic N) is 2. The van der Waals surface area contributed by atoms with Gasteiger partial charge in [-0.05, 0) is 30.3 Å². The first-order valence-electron chi connectivity index (χ1n) is 8.20. The second-order valence-corrected chi connectivity index (χ2v) is 8.53. The first kappa shape index (κ1) is 30.0. The largest absolute Gasteiger partial charge is 1.00 e. The van der Waals surface area contributed by atoms with Crippen LogP contribution >= 0.6 is 7.82 Å². The third kappa shape index (κ3) is 8.01. The van der Waals surface area contributed by atoms with Crippen molar-refractivity contribution in [1.29, 1.82) is 0 Å². The molecule has 0 fully saturated rings. The topological polar surface area (TPSA) is 172 Å². The summed E-state index contributed by atoms with van der Waals surface area (Å²) in [6.07, 6.45) is -0.950. The molecule has 1 heterocycles. The quantitative estimate of drug-likeness (QED) is 0.181. The van der Waals surface area contributed by atoms with Gasteiger partial charge in [0.15, 0.2) is 0 Å². The number of methoxy groups -OCH3 is 1. The summed E-state index contributed by atoms with van der Waals surface area (Å²) in [6.45, 7) is -0.875. The van der Waals surface area contributed by atoms with E-state index in [1.165, 1.54) is 18.2 Å². The predicted molar refractivity (Wildman–Crippen MR) is 98.7 cm³/mol. The summed E-state index contributed by atoms with van der Waals surface area (Å²) in [5.74, 6) is -1.27. The predicted octanol–water partition coefficient (Wildman–Crippen LogP) is -5.07. The fourth-order valence-corrected chi connectivity index (χ4v) is 3.66. The number of hydrogen-bond acceptors (Lipinski definition) is 10. The van der Waals surface area contributed by atoms with Crippen LogP contribution < -0.4 is 78.4 Å². The minimum atomic E-state index is -5.39. The van der Waals surface area contributed by atoms with Gasteiger partial charge in [-0.2, -0.15) is 8.42 Å². The summed E-state index contributed by atoms with van der Waals surface area (Å²) in [5.41, 5.74) is 0.212. The zero-order chi connectivity index (χ0) is 22.8. The number of carbonyl (C=O) groups excluding carboxylic acids is 1. The van der Waals surface area contributed by atoms with E-state index in [-0.39, 0.29) is 81.8 Å². The molecule has 0 aliphatic heterocycles. The van der Waals surface area contributed by atoms with E-state index < -0.39 is 41.5 Å². The minimum Gasteiger partial charge on any atom is -0.790 e. The minimum absolute atomic E-state index is 0. The Morgan fingerprint density at radius 3 is 2.52 bits per heavy atom. The van der Waals surface area contributed by atoms with Gasteiger partial charge in [-0.1, -0.05) is 6.07 Å². The van der Waals surface area contributed by atoms with Crippen molar-refractivity contribution in [3.63, 3.8) is 0 Å². The van der Waals surface area contributed by atoms with Gasteiger partial charge in [-0.25, -0.2) is 14.2 Å². The number of nitrogens with one attached hydrogen (secondary N) is 1. The third-order valence-electron chi connectivity index (χ3n) is 3.75. The van der Waals surface area contributed by atoms with Crippen LogP contribution in [-0.2, 0) is 30.7 Å². The number of fused-ring (bicyclic) bond motifs is 1. The average molecular weight is 519 g/mol. The molecule has 3 rings (SSSR count). The van der Waals surface area contributed by atoms with Gasteiger partial charge < -0.3 is 27.8 Å². The van der Waals surface area contributed by atoms with E-state index in [1.807, 2.05) is 0 Å². The Labute approximate surface area is 231 Å². The Balaban J connectivity index is 0.00000272. The van der Waals surface area contributed by atoms with Crippen molar-refractivity contribution in [2.45, 2.75) is 11.6 Å². The van der Waals surface area contributed by atoms with E-state index >= 15 is 0 Å². The maximum atomic E-state index is 13.4. The molecule has 0 radical (unpaired) electrons. The smallest absolute Gasteiger partial charge is 0.790 e. The van der Waals surface area contributed by atoms with Crippen molar-refractivity contribution in [3.8, 4) is 5.75 Å². The molecule has 12 nitrogen and oxygen atoms in total. The molecule has 17 heteroatoms. The van der Waals surface area contributed by atoms with Crippen LogP contribution in [0.3, 0.4) is 0 Å². The summed E-state index contributed by atoms with van der Waals surface area (Å²) in [6, 6.07) is 7.83. The summed E-state index contributed by atoms with van der Waals surface area (Å²) in [4.78, 5) is 36.8. The molecule has 2 aromatic carbocycles. The molecule has 0 aliphatic carbocycles. The van der Waals surface area contributed by atoms with Crippen molar-refractivity contribution >= 4 is 41.0 Å². The molecule has 0 bridgehead atoms. The molecule has 1 amide bonds. The monoisotopic (exact) mass is 519 g/mol. The Hall–Kier alpha value is -1.03. The fourth-order valence-electron chi connectivity index (χ4n) is 2.45. The van der Waals surface area contributed by atoms with Gasteiger partial charge >= 0.3 is 75.3 Å². The number of phosphoric acid groups is 1. The van der Waals surface area contributed by atoms with E-state index in [1.54, 1.807) is 0 Å². The molecule has 33 heavy (non-hydrogen) atoms. The van der Waals surface area contributed by atoms with Gasteiger partial charge in [0.25, 0.3) is 0 Å². The van der Waals surface area contributed by atoms with Crippen molar-refractivity contribution < 1.29 is 105 Å². The first-order chi connectivity index (χ1) is 14.5. The molecular formula is C16H13FN3Na2O9PS. The molecule has 1 aromatic heterocycles. The molecule has 1 N–H and O–H groups in total. The van der Waals surface area contributed by atoms with Crippen LogP contribution in [0.2, 0.25) is 0 Å². The Morgan fingerprint density at radius 2 is 1.91 bits per heavy atom. The summed E-state index contributed by atoms with van der Waals surface area (Å²) in [7, 11) is -8.72. The molecular weight excluding hydrogens is 506 g/mol. The fraction of sp³-hybridized carbons (Fsp3) is 0.125. The number of phosphoric ester groups is 1. The summed E-state index contributed by atoms with van der Waals surface area (Å²) >= 11 is 0. The molecule has 166 valence electrons. The van der Waals surface area contributed by atoms with E-state index in [4.69, 9.17) is 4.18 Å². The average Bonchev–Trinajstić information content (AvgIpc) is 3.01. The van der Waals surface area contributed by atoms with Gasteiger partial charge in [-0.3, -0.25) is 9.88 Å². The molecule has 0 spiro atoms. The molecule has 0 saturated heterocycles. The number of anilines is 1. The number of imidazole rings is 1. The van der Waals surface area contributed by atoms with Crippen LogP contribution in [0.4, 0.5) is 15.1 Å². The van der Waals surface area contributed by atoms with Crippen molar-refractivity contribution in [3.05, 3.63) is 48.3 Å². The van der Waals surface area contributed by atoms with Gasteiger partial charge in [0.05, 0.1) is 26.0 Å². The van der Waals surface area contributed by atoms with Crippen molar-refractivity contribution in [1.82, 2.24) is 9.55 Å². The Bertz CT molecular complexity index is 1300. The summed E-state index contributed by atoms with van der Waals surface area (Å²) < 4.78 is 63.6. The zero-order valence-electron chi connectivity index (χ0n) is 17.6. The molecule has 0 aliphatic rings. The van der Waals surface area contributed by atoms with Gasteiger partial charge in [0.2, 0.25) is 5.95 Å².